The lowest BCUT2D eigenvalue weighted by atomic mass is 9.78. The van der Waals surface area contributed by atoms with E-state index < -0.39 is 20.3 Å². The summed E-state index contributed by atoms with van der Waals surface area (Å²) in [7, 11) is -1.93. The average molecular weight is 375 g/mol. The maximum Gasteiger partial charge on any atom is 0.326 e. The number of H-pyrrole nitrogens is 1. The number of hydrogen-bond donors (Lipinski definition) is 3. The summed E-state index contributed by atoms with van der Waals surface area (Å²) in [6, 6.07) is 5.37. The van der Waals surface area contributed by atoms with Crippen LogP contribution in [0.3, 0.4) is 0 Å². The van der Waals surface area contributed by atoms with E-state index in [1.54, 1.807) is 0 Å². The zero-order chi connectivity index (χ0) is 19.5. The molecule has 142 valence electrons. The van der Waals surface area contributed by atoms with Crippen LogP contribution in [0.1, 0.15) is 51.9 Å². The number of carbonyl (C=O) groups is 1. The number of rotatable bonds is 3. The van der Waals surface area contributed by atoms with Gasteiger partial charge in [-0.1, -0.05) is 34.6 Å². The van der Waals surface area contributed by atoms with Crippen LogP contribution < -0.4 is 9.74 Å². The second-order valence-electron chi connectivity index (χ2n) is 9.52. The highest BCUT2D eigenvalue weighted by Gasteiger charge is 2.40. The lowest BCUT2D eigenvalue weighted by Crippen LogP contribution is -2.44. The predicted octanol–water partition coefficient (Wildman–Crippen LogP) is 4.56. The Hall–Kier alpha value is -1.79. The monoisotopic (exact) mass is 374 g/mol. The minimum atomic E-state index is -1.93. The summed E-state index contributed by atoms with van der Waals surface area (Å²) in [4.78, 5) is 15.0. The molecule has 0 bridgehead atoms. The van der Waals surface area contributed by atoms with Gasteiger partial charge in [0.05, 0.1) is 0 Å². The molecule has 3 N–H and O–H groups in total. The Bertz CT molecular complexity index is 862. The lowest BCUT2D eigenvalue weighted by molar-refractivity contribution is -0.140. The molecule has 0 saturated heterocycles. The predicted molar refractivity (Wildman–Crippen MR) is 108 cm³/mol. The van der Waals surface area contributed by atoms with E-state index in [-0.39, 0.29) is 10.5 Å². The summed E-state index contributed by atoms with van der Waals surface area (Å²) in [6.45, 7) is 16.1. The van der Waals surface area contributed by atoms with Crippen LogP contribution in [0.4, 0.5) is 0 Å². The van der Waals surface area contributed by atoms with E-state index in [0.717, 1.165) is 27.9 Å². The lowest BCUT2D eigenvalue weighted by Gasteiger charge is -2.36. The Balaban J connectivity index is 2.12. The zero-order valence-electron chi connectivity index (χ0n) is 16.8. The van der Waals surface area contributed by atoms with Gasteiger partial charge in [0.2, 0.25) is 8.32 Å². The first-order valence-electron chi connectivity index (χ1n) is 9.15. The quantitative estimate of drug-likeness (QED) is 0.689. The van der Waals surface area contributed by atoms with E-state index in [4.69, 9.17) is 4.43 Å². The molecule has 1 unspecified atom stereocenters. The van der Waals surface area contributed by atoms with Crippen LogP contribution in [-0.2, 0) is 10.2 Å². The van der Waals surface area contributed by atoms with E-state index in [9.17, 15) is 9.90 Å². The fourth-order valence-electron chi connectivity index (χ4n) is 3.41. The number of aliphatic carboxylic acids is 1. The Labute approximate surface area is 156 Å². The zero-order valence-corrected chi connectivity index (χ0v) is 17.8. The van der Waals surface area contributed by atoms with Crippen molar-refractivity contribution in [3.63, 3.8) is 0 Å². The molecule has 0 spiro atoms. The molecule has 2 heterocycles. The van der Waals surface area contributed by atoms with Crippen molar-refractivity contribution < 1.29 is 14.3 Å². The number of carboxylic acids is 1. The van der Waals surface area contributed by atoms with Gasteiger partial charge in [0.25, 0.3) is 0 Å². The molecule has 5 nitrogen and oxygen atoms in total. The average Bonchev–Trinajstić information content (AvgIpc) is 2.84. The number of aromatic nitrogens is 1. The molecule has 0 fully saturated rings. The van der Waals surface area contributed by atoms with Gasteiger partial charge >= 0.3 is 5.97 Å². The number of benzene rings is 1. The van der Waals surface area contributed by atoms with Gasteiger partial charge in [-0.25, -0.2) is 0 Å². The molecule has 1 aliphatic rings. The van der Waals surface area contributed by atoms with Gasteiger partial charge in [-0.3, -0.25) is 10.1 Å². The van der Waals surface area contributed by atoms with Crippen molar-refractivity contribution in [2.75, 3.05) is 6.54 Å². The third kappa shape index (κ3) is 3.05. The minimum absolute atomic E-state index is 0.122. The van der Waals surface area contributed by atoms with Gasteiger partial charge in [-0.15, -0.1) is 0 Å². The van der Waals surface area contributed by atoms with E-state index in [1.807, 2.05) is 12.1 Å². The van der Waals surface area contributed by atoms with Crippen molar-refractivity contribution in [2.24, 2.45) is 0 Å². The molecule has 6 heteroatoms. The Kier molecular flexibility index (Phi) is 4.28. The Morgan fingerprint density at radius 1 is 1.31 bits per heavy atom. The van der Waals surface area contributed by atoms with Crippen molar-refractivity contribution in [3.8, 4) is 5.75 Å². The van der Waals surface area contributed by atoms with E-state index in [2.05, 4.69) is 64.1 Å². The molecule has 1 aromatic heterocycles. The maximum absolute atomic E-state index is 11.7. The number of nitrogens with one attached hydrogen (secondary N) is 2. The van der Waals surface area contributed by atoms with Crippen molar-refractivity contribution in [2.45, 2.75) is 64.2 Å². The number of aromatic amines is 1. The summed E-state index contributed by atoms with van der Waals surface area (Å²) in [5.74, 6) is 0.0122. The van der Waals surface area contributed by atoms with Crippen molar-refractivity contribution in [1.82, 2.24) is 10.3 Å². The second-order valence-corrected chi connectivity index (χ2v) is 14.2. The third-order valence-electron chi connectivity index (χ3n) is 5.94. The van der Waals surface area contributed by atoms with E-state index in [0.29, 0.717) is 6.54 Å². The first-order chi connectivity index (χ1) is 11.8. The van der Waals surface area contributed by atoms with Gasteiger partial charge in [0.15, 0.2) is 0 Å². The highest BCUT2D eigenvalue weighted by atomic mass is 28.4. The van der Waals surface area contributed by atoms with Crippen molar-refractivity contribution in [3.05, 3.63) is 29.5 Å². The highest BCUT2D eigenvalue weighted by Crippen LogP contribution is 2.42. The molecule has 1 atom stereocenters. The van der Waals surface area contributed by atoms with Crippen LogP contribution in [0.2, 0.25) is 18.1 Å². The van der Waals surface area contributed by atoms with Gasteiger partial charge in [0, 0.05) is 28.6 Å². The SMILES string of the molecule is CC1(C)CNC(C(=O)O)c2[nH]c3ccc(O[Si](C)(C)C(C)(C)C)cc3c21. The summed E-state index contributed by atoms with van der Waals surface area (Å²) in [5, 5.41) is 13.9. The fourth-order valence-corrected chi connectivity index (χ4v) is 4.43. The van der Waals surface area contributed by atoms with Crippen LogP contribution in [-0.4, -0.2) is 30.9 Å². The number of fused-ring (bicyclic) bond motifs is 3. The summed E-state index contributed by atoms with van der Waals surface area (Å²) < 4.78 is 6.47. The fraction of sp³-hybridized carbons (Fsp3) is 0.550. The van der Waals surface area contributed by atoms with Crippen LogP contribution in [0.5, 0.6) is 5.75 Å². The minimum Gasteiger partial charge on any atom is -0.543 e. The van der Waals surface area contributed by atoms with E-state index >= 15 is 0 Å². The third-order valence-corrected chi connectivity index (χ3v) is 10.3. The Morgan fingerprint density at radius 3 is 2.54 bits per heavy atom. The molecule has 1 aliphatic heterocycles. The molecule has 1 aromatic carbocycles. The van der Waals surface area contributed by atoms with Gasteiger partial charge in [-0.2, -0.15) is 0 Å². The van der Waals surface area contributed by atoms with Crippen LogP contribution in [0, 0.1) is 0 Å². The molecule has 3 rings (SSSR count). The molecule has 0 saturated carbocycles. The van der Waals surface area contributed by atoms with Crippen molar-refractivity contribution in [1.29, 1.82) is 0 Å². The van der Waals surface area contributed by atoms with Gasteiger partial charge in [-0.05, 0) is 41.9 Å². The molecule has 26 heavy (non-hydrogen) atoms. The second kappa shape index (κ2) is 5.86. The number of hydrogen-bond acceptors (Lipinski definition) is 3. The van der Waals surface area contributed by atoms with Crippen molar-refractivity contribution >= 4 is 25.2 Å². The largest absolute Gasteiger partial charge is 0.543 e. The summed E-state index contributed by atoms with van der Waals surface area (Å²) >= 11 is 0. The normalized spacial score (nSPS) is 20.0. The summed E-state index contributed by atoms with van der Waals surface area (Å²) in [6.07, 6.45) is 0. The first kappa shape index (κ1) is 19.0. The smallest absolute Gasteiger partial charge is 0.326 e. The Morgan fingerprint density at radius 2 is 1.96 bits per heavy atom. The van der Waals surface area contributed by atoms with E-state index in [1.165, 1.54) is 0 Å². The molecule has 0 radical (unpaired) electrons. The van der Waals surface area contributed by atoms with Gasteiger partial charge in [0.1, 0.15) is 11.8 Å². The standard InChI is InChI=1S/C20H30N2O3Si/c1-19(2,3)26(6,7)25-12-8-9-14-13(10-12)15-16(22-14)17(18(23)24)21-11-20(15,4)5/h8-10,17,21-22H,11H2,1-7H3,(H,23,24). The highest BCUT2D eigenvalue weighted by molar-refractivity contribution is 6.74. The van der Waals surface area contributed by atoms with Crippen LogP contribution >= 0.6 is 0 Å². The summed E-state index contributed by atoms with van der Waals surface area (Å²) in [5.41, 5.74) is 2.64. The molecular formula is C20H30N2O3Si. The molecule has 0 aliphatic carbocycles. The first-order valence-corrected chi connectivity index (χ1v) is 12.1. The molecular weight excluding hydrogens is 344 g/mol. The maximum atomic E-state index is 11.7. The van der Waals surface area contributed by atoms with Crippen LogP contribution in [0.15, 0.2) is 18.2 Å². The molecule has 0 amide bonds. The van der Waals surface area contributed by atoms with Gasteiger partial charge < -0.3 is 14.5 Å². The van der Waals surface area contributed by atoms with Crippen LogP contribution in [0.25, 0.3) is 10.9 Å². The molecule has 2 aromatic rings. The topological polar surface area (TPSA) is 74.4 Å². The number of carboxylic acid groups (broad SMARTS) is 1.